The number of ether oxygens (including phenoxy) is 3. The van der Waals surface area contributed by atoms with Crippen LogP contribution in [0.3, 0.4) is 0 Å². The number of esters is 1. The molecule has 0 fully saturated rings. The van der Waals surface area contributed by atoms with Crippen LogP contribution >= 0.6 is 0 Å². The fraction of sp³-hybridized carbons (Fsp3) is 0.536. The fourth-order valence-corrected chi connectivity index (χ4v) is 4.28. The lowest BCUT2D eigenvalue weighted by Gasteiger charge is -2.42. The summed E-state index contributed by atoms with van der Waals surface area (Å²) in [5, 5.41) is 0. The molecule has 1 aromatic carbocycles. The highest BCUT2D eigenvalue weighted by Gasteiger charge is 2.38. The van der Waals surface area contributed by atoms with E-state index in [1.54, 1.807) is 27.0 Å². The maximum Gasteiger partial charge on any atom is 0.330 e. The van der Waals surface area contributed by atoms with Crippen LogP contribution in [0.4, 0.5) is 4.39 Å². The van der Waals surface area contributed by atoms with E-state index in [0.29, 0.717) is 29.9 Å². The highest BCUT2D eigenvalue weighted by molar-refractivity contribution is 5.83. The van der Waals surface area contributed by atoms with Crippen molar-refractivity contribution in [2.24, 2.45) is 0 Å². The summed E-state index contributed by atoms with van der Waals surface area (Å²) in [7, 11) is 1.57. The molecule has 2 rings (SSSR count). The van der Waals surface area contributed by atoms with Gasteiger partial charge in [-0.25, -0.2) is 9.18 Å². The number of fused-ring (bicyclic) bond motifs is 1. The average Bonchev–Trinajstić information content (AvgIpc) is 2.75. The van der Waals surface area contributed by atoms with Crippen LogP contribution in [-0.2, 0) is 25.1 Å². The average molecular weight is 459 g/mol. The van der Waals surface area contributed by atoms with E-state index in [0.717, 1.165) is 18.4 Å². The molecule has 33 heavy (non-hydrogen) atoms. The molecule has 0 amide bonds. The normalized spacial score (nSPS) is 18.0. The van der Waals surface area contributed by atoms with Crippen LogP contribution in [-0.4, -0.2) is 26.5 Å². The van der Waals surface area contributed by atoms with Crippen LogP contribution in [0.5, 0.6) is 5.75 Å². The Bertz CT molecular complexity index is 951. The second kappa shape index (κ2) is 11.1. The van der Waals surface area contributed by atoms with E-state index in [9.17, 15) is 4.79 Å². The van der Waals surface area contributed by atoms with E-state index in [2.05, 4.69) is 39.8 Å². The van der Waals surface area contributed by atoms with Crippen molar-refractivity contribution in [2.45, 2.75) is 78.6 Å². The Hall–Kier alpha value is -2.40. The van der Waals surface area contributed by atoms with E-state index >= 15 is 4.39 Å². The quantitative estimate of drug-likeness (QED) is 0.170. The minimum absolute atomic E-state index is 0.0104. The van der Waals surface area contributed by atoms with Crippen molar-refractivity contribution in [3.05, 3.63) is 58.5 Å². The Morgan fingerprint density at radius 1 is 1.06 bits per heavy atom. The van der Waals surface area contributed by atoms with Crippen molar-refractivity contribution < 1.29 is 23.4 Å². The highest BCUT2D eigenvalue weighted by atomic mass is 19.1. The number of hydrogen-bond donors (Lipinski definition) is 0. The third-order valence-electron chi connectivity index (χ3n) is 6.38. The Morgan fingerprint density at radius 3 is 2.21 bits per heavy atom. The van der Waals surface area contributed by atoms with Crippen LogP contribution in [0, 0.1) is 0 Å². The first-order valence-electron chi connectivity index (χ1n) is 11.7. The van der Waals surface area contributed by atoms with Gasteiger partial charge in [0.15, 0.2) is 6.79 Å². The SMILES string of the molecule is CCOC(=O)/C=C(C)/C=C/C(F)=C(/CC)c1cc2c(cc1OCOC)C(C)(C)CCC2(C)C. The number of rotatable bonds is 9. The van der Waals surface area contributed by atoms with Crippen LogP contribution in [0.2, 0.25) is 0 Å². The standard InChI is InChI=1S/C28H39FO4/c1-9-20(24(29)12-11-19(3)15-26(30)32-10-2)21-16-22-23(17-25(21)33-18-31-8)28(6,7)14-13-27(22,4)5/h11-12,15-17H,9-10,13-14,18H2,1-8H3/b12-11+,19-15+,24-20+. The van der Waals surface area contributed by atoms with Crippen molar-refractivity contribution in [1.29, 1.82) is 0 Å². The van der Waals surface area contributed by atoms with Gasteiger partial charge in [-0.15, -0.1) is 0 Å². The van der Waals surface area contributed by atoms with Gasteiger partial charge in [-0.3, -0.25) is 0 Å². The summed E-state index contributed by atoms with van der Waals surface area (Å²) >= 11 is 0. The molecule has 5 heteroatoms. The second-order valence-corrected chi connectivity index (χ2v) is 9.87. The summed E-state index contributed by atoms with van der Waals surface area (Å²) in [5.41, 5.74) is 4.40. The Morgan fingerprint density at radius 2 is 1.67 bits per heavy atom. The number of hydrogen-bond acceptors (Lipinski definition) is 4. The third-order valence-corrected chi connectivity index (χ3v) is 6.38. The zero-order chi connectivity index (χ0) is 24.8. The molecular formula is C28H39FO4. The van der Waals surface area contributed by atoms with Gasteiger partial charge < -0.3 is 14.2 Å². The molecule has 182 valence electrons. The molecule has 0 radical (unpaired) electrons. The van der Waals surface area contributed by atoms with Crippen LogP contribution in [0.1, 0.15) is 84.4 Å². The molecule has 1 aromatic rings. The van der Waals surface area contributed by atoms with Gasteiger partial charge in [-0.2, -0.15) is 0 Å². The molecular weight excluding hydrogens is 419 g/mol. The molecule has 0 unspecified atom stereocenters. The first kappa shape index (κ1) is 26.8. The predicted octanol–water partition coefficient (Wildman–Crippen LogP) is 7.17. The van der Waals surface area contributed by atoms with Crippen LogP contribution in [0.15, 0.2) is 41.8 Å². The fourth-order valence-electron chi connectivity index (χ4n) is 4.28. The minimum atomic E-state index is -0.436. The van der Waals surface area contributed by atoms with Crippen molar-refractivity contribution in [2.75, 3.05) is 20.5 Å². The van der Waals surface area contributed by atoms with Crippen molar-refractivity contribution in [3.63, 3.8) is 0 Å². The van der Waals surface area contributed by atoms with Gasteiger partial charge in [-0.1, -0.05) is 40.7 Å². The van der Waals surface area contributed by atoms with E-state index in [4.69, 9.17) is 14.2 Å². The highest BCUT2D eigenvalue weighted by Crippen LogP contribution is 2.49. The third kappa shape index (κ3) is 6.57. The molecule has 0 atom stereocenters. The van der Waals surface area contributed by atoms with Gasteiger partial charge in [-0.05, 0) is 84.4 Å². The number of carbonyl (C=O) groups is 1. The molecule has 0 heterocycles. The van der Waals surface area contributed by atoms with Gasteiger partial charge in [0.1, 0.15) is 11.6 Å². The van der Waals surface area contributed by atoms with E-state index < -0.39 is 5.97 Å². The number of methoxy groups -OCH3 is 1. The van der Waals surface area contributed by atoms with Crippen molar-refractivity contribution in [1.82, 2.24) is 0 Å². The molecule has 0 saturated carbocycles. The van der Waals surface area contributed by atoms with Crippen molar-refractivity contribution >= 4 is 11.5 Å². The lowest BCUT2D eigenvalue weighted by Crippen LogP contribution is -2.34. The minimum Gasteiger partial charge on any atom is -0.467 e. The molecule has 0 N–H and O–H groups in total. The van der Waals surface area contributed by atoms with Gasteiger partial charge in [0, 0.05) is 18.7 Å². The molecule has 0 aromatic heterocycles. The molecule has 1 aliphatic rings. The summed E-state index contributed by atoms with van der Waals surface area (Å²) < 4.78 is 31.4. The zero-order valence-electron chi connectivity index (χ0n) is 21.4. The molecule has 0 saturated heterocycles. The Labute approximate surface area is 198 Å². The van der Waals surface area contributed by atoms with Crippen LogP contribution in [0.25, 0.3) is 5.57 Å². The largest absolute Gasteiger partial charge is 0.467 e. The second-order valence-electron chi connectivity index (χ2n) is 9.87. The summed E-state index contributed by atoms with van der Waals surface area (Å²) in [6.07, 6.45) is 6.98. The topological polar surface area (TPSA) is 44.8 Å². The van der Waals surface area contributed by atoms with E-state index in [-0.39, 0.29) is 23.4 Å². The number of benzene rings is 1. The van der Waals surface area contributed by atoms with E-state index in [1.807, 2.05) is 6.92 Å². The summed E-state index contributed by atoms with van der Waals surface area (Å²) in [5.74, 6) is -0.167. The Kier molecular flexibility index (Phi) is 9.07. The zero-order valence-corrected chi connectivity index (χ0v) is 21.4. The first-order valence-corrected chi connectivity index (χ1v) is 11.7. The van der Waals surface area contributed by atoms with Crippen LogP contribution < -0.4 is 4.74 Å². The monoisotopic (exact) mass is 458 g/mol. The van der Waals surface area contributed by atoms with Gasteiger partial charge >= 0.3 is 5.97 Å². The number of halogens is 1. The van der Waals surface area contributed by atoms with E-state index in [1.165, 1.54) is 23.3 Å². The van der Waals surface area contributed by atoms with Crippen molar-refractivity contribution in [3.8, 4) is 5.75 Å². The summed E-state index contributed by atoms with van der Waals surface area (Å²) in [6, 6.07) is 4.18. The van der Waals surface area contributed by atoms with Gasteiger partial charge in [0.2, 0.25) is 0 Å². The summed E-state index contributed by atoms with van der Waals surface area (Å²) in [6.45, 7) is 14.8. The predicted molar refractivity (Wildman–Crippen MR) is 132 cm³/mol. The molecule has 0 spiro atoms. The van der Waals surface area contributed by atoms with Gasteiger partial charge in [0.05, 0.1) is 6.61 Å². The number of carbonyl (C=O) groups excluding carboxylic acids is 1. The molecule has 1 aliphatic carbocycles. The first-order chi connectivity index (χ1) is 15.5. The molecule has 4 nitrogen and oxygen atoms in total. The number of allylic oxidation sites excluding steroid dienone is 5. The molecule has 0 aliphatic heterocycles. The lowest BCUT2D eigenvalue weighted by molar-refractivity contribution is -0.137. The molecule has 0 bridgehead atoms. The lowest BCUT2D eigenvalue weighted by atomic mass is 9.62. The maximum atomic E-state index is 15.4. The van der Waals surface area contributed by atoms with Gasteiger partial charge in [0.25, 0.3) is 0 Å². The maximum absolute atomic E-state index is 15.4. The Balaban J connectivity index is 2.61. The summed E-state index contributed by atoms with van der Waals surface area (Å²) in [4.78, 5) is 11.6. The smallest absolute Gasteiger partial charge is 0.330 e.